The van der Waals surface area contributed by atoms with Gasteiger partial charge in [0.1, 0.15) is 11.6 Å². The van der Waals surface area contributed by atoms with Gasteiger partial charge in [0.25, 0.3) is 0 Å². The molecule has 1 aromatic heterocycles. The Morgan fingerprint density at radius 1 is 1.35 bits per heavy atom. The van der Waals surface area contributed by atoms with Crippen LogP contribution in [0.3, 0.4) is 0 Å². The summed E-state index contributed by atoms with van der Waals surface area (Å²) in [4.78, 5) is 7.99. The molecule has 0 unspecified atom stereocenters. The zero-order chi connectivity index (χ0) is 12.4. The smallest absolute Gasteiger partial charge is 0.220 e. The fourth-order valence-electron chi connectivity index (χ4n) is 1.59. The van der Waals surface area contributed by atoms with Crippen LogP contribution >= 0.6 is 0 Å². The van der Waals surface area contributed by atoms with Crippen molar-refractivity contribution in [2.24, 2.45) is 0 Å². The number of hydrogen-bond acceptors (Lipinski definition) is 4. The molecular formula is C12H12FN3O. The highest BCUT2D eigenvalue weighted by Crippen LogP contribution is 2.31. The van der Waals surface area contributed by atoms with E-state index in [0.29, 0.717) is 17.0 Å². The van der Waals surface area contributed by atoms with E-state index in [4.69, 9.17) is 10.5 Å². The van der Waals surface area contributed by atoms with Crippen LogP contribution in [0, 0.1) is 12.7 Å². The van der Waals surface area contributed by atoms with Crippen LogP contribution in [0.25, 0.3) is 11.3 Å². The first-order valence-electron chi connectivity index (χ1n) is 5.05. The first-order chi connectivity index (χ1) is 8.11. The molecule has 0 spiro atoms. The third-order valence-electron chi connectivity index (χ3n) is 2.41. The van der Waals surface area contributed by atoms with E-state index in [2.05, 4.69) is 9.97 Å². The fraction of sp³-hybridized carbons (Fsp3) is 0.167. The molecule has 0 saturated carbocycles. The van der Waals surface area contributed by atoms with Crippen molar-refractivity contribution in [3.8, 4) is 17.0 Å². The average Bonchev–Trinajstić information content (AvgIpc) is 2.32. The number of ether oxygens (including phenoxy) is 1. The van der Waals surface area contributed by atoms with Crippen LogP contribution in [0.1, 0.15) is 5.56 Å². The van der Waals surface area contributed by atoms with Crippen molar-refractivity contribution in [1.82, 2.24) is 9.97 Å². The van der Waals surface area contributed by atoms with Gasteiger partial charge in [0.15, 0.2) is 0 Å². The lowest BCUT2D eigenvalue weighted by atomic mass is 10.1. The molecule has 0 radical (unpaired) electrons. The molecule has 0 aliphatic heterocycles. The molecule has 0 bridgehead atoms. The molecular weight excluding hydrogens is 221 g/mol. The Morgan fingerprint density at radius 3 is 2.82 bits per heavy atom. The van der Waals surface area contributed by atoms with Crippen molar-refractivity contribution in [3.63, 3.8) is 0 Å². The van der Waals surface area contributed by atoms with E-state index in [-0.39, 0.29) is 11.8 Å². The van der Waals surface area contributed by atoms with Gasteiger partial charge in [0.05, 0.1) is 12.8 Å². The van der Waals surface area contributed by atoms with E-state index in [1.807, 2.05) is 6.92 Å². The van der Waals surface area contributed by atoms with E-state index in [9.17, 15) is 4.39 Å². The van der Waals surface area contributed by atoms with Crippen molar-refractivity contribution < 1.29 is 9.13 Å². The number of methoxy groups -OCH3 is 1. The van der Waals surface area contributed by atoms with E-state index in [0.717, 1.165) is 5.56 Å². The fourth-order valence-corrected chi connectivity index (χ4v) is 1.59. The predicted octanol–water partition coefficient (Wildman–Crippen LogP) is 2.18. The summed E-state index contributed by atoms with van der Waals surface area (Å²) in [5.74, 6) is 0.349. The molecule has 2 rings (SSSR count). The monoisotopic (exact) mass is 233 g/mol. The highest BCUT2D eigenvalue weighted by Gasteiger charge is 2.12. The maximum absolute atomic E-state index is 13.3. The number of nitrogens with two attached hydrogens (primary N) is 1. The third kappa shape index (κ3) is 2.18. The van der Waals surface area contributed by atoms with E-state index < -0.39 is 0 Å². The Bertz CT molecular complexity index is 557. The van der Waals surface area contributed by atoms with E-state index in [1.54, 1.807) is 12.3 Å². The first kappa shape index (κ1) is 11.3. The summed E-state index contributed by atoms with van der Waals surface area (Å²) < 4.78 is 18.5. The van der Waals surface area contributed by atoms with Gasteiger partial charge in [0.2, 0.25) is 5.95 Å². The molecule has 5 heteroatoms. The molecule has 0 aliphatic rings. The highest BCUT2D eigenvalue weighted by molar-refractivity contribution is 5.70. The lowest BCUT2D eigenvalue weighted by molar-refractivity contribution is 0.415. The van der Waals surface area contributed by atoms with Gasteiger partial charge in [-0.3, -0.25) is 0 Å². The standard InChI is InChI=1S/C12H12FN3O/c1-7-6-15-12(14)16-11(7)9-5-8(13)3-4-10(9)17-2/h3-6H,1-2H3,(H2,14,15,16). The predicted molar refractivity (Wildman–Crippen MR) is 63.1 cm³/mol. The Hall–Kier alpha value is -2.17. The second kappa shape index (κ2) is 4.37. The summed E-state index contributed by atoms with van der Waals surface area (Å²) in [6.45, 7) is 1.83. The summed E-state index contributed by atoms with van der Waals surface area (Å²) in [6.07, 6.45) is 1.60. The largest absolute Gasteiger partial charge is 0.496 e. The minimum absolute atomic E-state index is 0.150. The van der Waals surface area contributed by atoms with Crippen molar-refractivity contribution in [2.45, 2.75) is 6.92 Å². The number of benzene rings is 1. The lowest BCUT2D eigenvalue weighted by Gasteiger charge is -2.10. The third-order valence-corrected chi connectivity index (χ3v) is 2.41. The molecule has 88 valence electrons. The molecule has 1 heterocycles. The summed E-state index contributed by atoms with van der Waals surface area (Å²) in [5.41, 5.74) is 7.49. The maximum Gasteiger partial charge on any atom is 0.220 e. The zero-order valence-electron chi connectivity index (χ0n) is 9.57. The van der Waals surface area contributed by atoms with Gasteiger partial charge in [-0.1, -0.05) is 0 Å². The van der Waals surface area contributed by atoms with Crippen LogP contribution in [0.15, 0.2) is 24.4 Å². The Balaban J connectivity index is 2.66. The molecule has 0 atom stereocenters. The molecule has 4 nitrogen and oxygen atoms in total. The number of nitrogen functional groups attached to an aromatic ring is 1. The number of hydrogen-bond donors (Lipinski definition) is 1. The molecule has 0 amide bonds. The van der Waals surface area contributed by atoms with E-state index >= 15 is 0 Å². The van der Waals surface area contributed by atoms with Gasteiger partial charge in [0, 0.05) is 11.8 Å². The maximum atomic E-state index is 13.3. The lowest BCUT2D eigenvalue weighted by Crippen LogP contribution is -1.99. The number of aromatic nitrogens is 2. The van der Waals surface area contributed by atoms with Gasteiger partial charge in [-0.05, 0) is 30.7 Å². The Kier molecular flexibility index (Phi) is 2.91. The van der Waals surface area contributed by atoms with Gasteiger partial charge in [-0.25, -0.2) is 14.4 Å². The zero-order valence-corrected chi connectivity index (χ0v) is 9.57. The molecule has 0 saturated heterocycles. The number of aryl methyl sites for hydroxylation is 1. The topological polar surface area (TPSA) is 61.0 Å². The molecule has 0 aliphatic carbocycles. The van der Waals surface area contributed by atoms with Crippen LogP contribution in [0.2, 0.25) is 0 Å². The van der Waals surface area contributed by atoms with Crippen LogP contribution in [-0.2, 0) is 0 Å². The normalized spacial score (nSPS) is 10.3. The van der Waals surface area contributed by atoms with Crippen molar-refractivity contribution in [1.29, 1.82) is 0 Å². The second-order valence-electron chi connectivity index (χ2n) is 3.60. The summed E-state index contributed by atoms with van der Waals surface area (Å²) >= 11 is 0. The van der Waals surface area contributed by atoms with Crippen LogP contribution in [0.4, 0.5) is 10.3 Å². The van der Waals surface area contributed by atoms with Gasteiger partial charge in [-0.2, -0.15) is 0 Å². The minimum atomic E-state index is -0.350. The second-order valence-corrected chi connectivity index (χ2v) is 3.60. The molecule has 0 fully saturated rings. The van der Waals surface area contributed by atoms with Gasteiger partial charge < -0.3 is 10.5 Å². The SMILES string of the molecule is COc1ccc(F)cc1-c1nc(N)ncc1C. The number of rotatable bonds is 2. The van der Waals surface area contributed by atoms with Gasteiger partial charge in [-0.15, -0.1) is 0 Å². The summed E-state index contributed by atoms with van der Waals surface area (Å²) in [5, 5.41) is 0. The van der Waals surface area contributed by atoms with E-state index in [1.165, 1.54) is 19.2 Å². The number of anilines is 1. The Morgan fingerprint density at radius 2 is 2.12 bits per heavy atom. The van der Waals surface area contributed by atoms with Crippen molar-refractivity contribution >= 4 is 5.95 Å². The van der Waals surface area contributed by atoms with Crippen LogP contribution < -0.4 is 10.5 Å². The van der Waals surface area contributed by atoms with Crippen LogP contribution in [-0.4, -0.2) is 17.1 Å². The highest BCUT2D eigenvalue weighted by atomic mass is 19.1. The quantitative estimate of drug-likeness (QED) is 0.863. The van der Waals surface area contributed by atoms with Crippen molar-refractivity contribution in [3.05, 3.63) is 35.8 Å². The van der Waals surface area contributed by atoms with Crippen LogP contribution in [0.5, 0.6) is 5.75 Å². The Labute approximate surface area is 98.3 Å². The first-order valence-corrected chi connectivity index (χ1v) is 5.05. The van der Waals surface area contributed by atoms with Gasteiger partial charge >= 0.3 is 0 Å². The number of halogens is 1. The molecule has 2 aromatic rings. The minimum Gasteiger partial charge on any atom is -0.496 e. The summed E-state index contributed by atoms with van der Waals surface area (Å²) in [7, 11) is 1.52. The molecule has 1 aromatic carbocycles. The molecule has 2 N–H and O–H groups in total. The average molecular weight is 233 g/mol. The molecule has 17 heavy (non-hydrogen) atoms. The van der Waals surface area contributed by atoms with Crippen molar-refractivity contribution in [2.75, 3.05) is 12.8 Å². The number of nitrogens with zero attached hydrogens (tertiary/aromatic N) is 2. The summed E-state index contributed by atoms with van der Waals surface area (Å²) in [6, 6.07) is 4.26.